The van der Waals surface area contributed by atoms with Gasteiger partial charge in [-0.3, -0.25) is 0 Å². The molecule has 0 unspecified atom stereocenters. The molecule has 0 spiro atoms. The number of fused-ring (bicyclic) bond motifs is 1. The molecule has 0 fully saturated rings. The molecule has 0 atom stereocenters. The van der Waals surface area contributed by atoms with Crippen LogP contribution in [0, 0.1) is 5.21 Å². The number of carboxylic acids is 1. The lowest BCUT2D eigenvalue weighted by Crippen LogP contribution is -2.28. The number of hydrogen-bond acceptors (Lipinski definition) is 2. The van der Waals surface area contributed by atoms with Gasteiger partial charge in [0, 0.05) is 15.9 Å². The standard InChI is InChI=1S/C10H6BrNO3/c11-8-1-2-9-6(4-8)3-7(10(13)14)5-12(9)15/h1-5H,(H,13,14). The van der Waals surface area contributed by atoms with E-state index in [4.69, 9.17) is 5.11 Å². The number of halogens is 1. The summed E-state index contributed by atoms with van der Waals surface area (Å²) in [4.78, 5) is 10.7. The maximum atomic E-state index is 11.5. The second-order valence-electron chi connectivity index (χ2n) is 3.06. The van der Waals surface area contributed by atoms with Crippen molar-refractivity contribution in [1.29, 1.82) is 0 Å². The molecular weight excluding hydrogens is 262 g/mol. The zero-order valence-corrected chi connectivity index (χ0v) is 9.06. The predicted molar refractivity (Wildman–Crippen MR) is 57.6 cm³/mol. The Hall–Kier alpha value is -1.62. The molecule has 0 aliphatic rings. The van der Waals surface area contributed by atoms with Crippen LogP contribution in [0.2, 0.25) is 0 Å². The molecule has 0 aliphatic heterocycles. The second-order valence-corrected chi connectivity index (χ2v) is 3.98. The van der Waals surface area contributed by atoms with E-state index in [1.54, 1.807) is 18.2 Å². The first-order chi connectivity index (χ1) is 7.08. The molecule has 1 N–H and O–H groups in total. The summed E-state index contributed by atoms with van der Waals surface area (Å²) in [5, 5.41) is 20.8. The van der Waals surface area contributed by atoms with Gasteiger partial charge in [-0.25, -0.2) is 4.79 Å². The summed E-state index contributed by atoms with van der Waals surface area (Å²) >= 11 is 3.26. The fourth-order valence-corrected chi connectivity index (χ4v) is 1.74. The van der Waals surface area contributed by atoms with Gasteiger partial charge in [0.1, 0.15) is 5.56 Å². The van der Waals surface area contributed by atoms with E-state index in [0.29, 0.717) is 15.6 Å². The van der Waals surface area contributed by atoms with E-state index in [1.165, 1.54) is 6.07 Å². The van der Waals surface area contributed by atoms with E-state index >= 15 is 0 Å². The van der Waals surface area contributed by atoms with Gasteiger partial charge in [0.15, 0.2) is 6.20 Å². The lowest BCUT2D eigenvalue weighted by atomic mass is 10.1. The molecule has 2 aromatic rings. The summed E-state index contributed by atoms with van der Waals surface area (Å²) in [6, 6.07) is 6.54. The van der Waals surface area contributed by atoms with Gasteiger partial charge in [-0.15, -0.1) is 0 Å². The maximum absolute atomic E-state index is 11.5. The summed E-state index contributed by atoms with van der Waals surface area (Å²) in [6.45, 7) is 0. The van der Waals surface area contributed by atoms with Gasteiger partial charge in [0.05, 0.1) is 0 Å². The van der Waals surface area contributed by atoms with Crippen molar-refractivity contribution in [3.05, 3.63) is 45.7 Å². The molecule has 15 heavy (non-hydrogen) atoms. The van der Waals surface area contributed by atoms with Gasteiger partial charge >= 0.3 is 5.97 Å². The van der Waals surface area contributed by atoms with Crippen molar-refractivity contribution >= 4 is 32.8 Å². The average molecular weight is 268 g/mol. The van der Waals surface area contributed by atoms with Crippen molar-refractivity contribution < 1.29 is 14.6 Å². The molecule has 0 bridgehead atoms. The number of aromatic nitrogens is 1. The molecular formula is C10H6BrNO3. The number of hydrogen-bond donors (Lipinski definition) is 1. The van der Waals surface area contributed by atoms with Gasteiger partial charge in [-0.05, 0) is 18.2 Å². The van der Waals surface area contributed by atoms with Gasteiger partial charge in [-0.1, -0.05) is 15.9 Å². The Bertz CT molecular complexity index is 554. The van der Waals surface area contributed by atoms with Crippen molar-refractivity contribution in [2.45, 2.75) is 0 Å². The fourth-order valence-electron chi connectivity index (χ4n) is 1.36. The first-order valence-corrected chi connectivity index (χ1v) is 4.93. The maximum Gasteiger partial charge on any atom is 0.341 e. The summed E-state index contributed by atoms with van der Waals surface area (Å²) < 4.78 is 1.36. The van der Waals surface area contributed by atoms with E-state index in [0.717, 1.165) is 10.7 Å². The van der Waals surface area contributed by atoms with E-state index < -0.39 is 5.97 Å². The molecule has 0 amide bonds. The molecule has 0 radical (unpaired) electrons. The van der Waals surface area contributed by atoms with Crippen LogP contribution >= 0.6 is 15.9 Å². The minimum absolute atomic E-state index is 0.0180. The van der Waals surface area contributed by atoms with Crippen molar-refractivity contribution in [1.82, 2.24) is 0 Å². The van der Waals surface area contributed by atoms with Gasteiger partial charge < -0.3 is 10.3 Å². The van der Waals surface area contributed by atoms with Crippen molar-refractivity contribution in [3.8, 4) is 0 Å². The number of benzene rings is 1. The Kier molecular flexibility index (Phi) is 2.32. The van der Waals surface area contributed by atoms with Gasteiger partial charge in [0.2, 0.25) is 5.52 Å². The average Bonchev–Trinajstić information content (AvgIpc) is 2.16. The third kappa shape index (κ3) is 1.78. The van der Waals surface area contributed by atoms with Crippen molar-refractivity contribution in [2.75, 3.05) is 0 Å². The third-order valence-corrected chi connectivity index (χ3v) is 2.53. The third-order valence-electron chi connectivity index (χ3n) is 2.04. The van der Waals surface area contributed by atoms with Crippen LogP contribution in [-0.2, 0) is 0 Å². The first kappa shape index (κ1) is 9.92. The highest BCUT2D eigenvalue weighted by atomic mass is 79.9. The molecule has 4 nitrogen and oxygen atoms in total. The Morgan fingerprint density at radius 1 is 1.40 bits per heavy atom. The molecule has 76 valence electrons. The molecule has 1 aromatic carbocycles. The SMILES string of the molecule is O=C(O)c1cc2cc(Br)ccc2[n+]([O-])c1. The minimum Gasteiger partial charge on any atom is -0.618 e. The largest absolute Gasteiger partial charge is 0.618 e. The van der Waals surface area contributed by atoms with Crippen LogP contribution in [0.4, 0.5) is 0 Å². The molecule has 0 saturated heterocycles. The monoisotopic (exact) mass is 267 g/mol. The van der Waals surface area contributed by atoms with E-state index in [1.807, 2.05) is 0 Å². The van der Waals surface area contributed by atoms with E-state index in [2.05, 4.69) is 15.9 Å². The Labute approximate surface area is 93.5 Å². The van der Waals surface area contributed by atoms with Gasteiger partial charge in [-0.2, -0.15) is 4.73 Å². The first-order valence-electron chi connectivity index (χ1n) is 4.14. The van der Waals surface area contributed by atoms with Crippen LogP contribution in [0.25, 0.3) is 10.9 Å². The predicted octanol–water partition coefficient (Wildman–Crippen LogP) is 1.93. The van der Waals surface area contributed by atoms with E-state index in [-0.39, 0.29) is 5.56 Å². The van der Waals surface area contributed by atoms with Crippen LogP contribution < -0.4 is 4.73 Å². The lowest BCUT2D eigenvalue weighted by molar-refractivity contribution is -0.577. The highest BCUT2D eigenvalue weighted by molar-refractivity contribution is 9.10. The molecule has 1 aromatic heterocycles. The quantitative estimate of drug-likeness (QED) is 0.635. The van der Waals surface area contributed by atoms with Crippen LogP contribution in [-0.4, -0.2) is 11.1 Å². The number of carbonyl (C=O) groups is 1. The Morgan fingerprint density at radius 2 is 2.13 bits per heavy atom. The number of rotatable bonds is 1. The molecule has 0 aliphatic carbocycles. The molecule has 0 saturated carbocycles. The number of nitrogens with zero attached hydrogens (tertiary/aromatic N) is 1. The fraction of sp³-hybridized carbons (Fsp3) is 0. The molecule has 5 heteroatoms. The molecule has 2 rings (SSSR count). The van der Waals surface area contributed by atoms with Gasteiger partial charge in [0.25, 0.3) is 0 Å². The summed E-state index contributed by atoms with van der Waals surface area (Å²) in [6.07, 6.45) is 1.05. The Balaban J connectivity index is 2.79. The zero-order valence-electron chi connectivity index (χ0n) is 7.48. The highest BCUT2D eigenvalue weighted by Crippen LogP contribution is 2.18. The smallest absolute Gasteiger partial charge is 0.341 e. The summed E-state index contributed by atoms with van der Waals surface area (Å²) in [7, 11) is 0. The van der Waals surface area contributed by atoms with Crippen LogP contribution in [0.1, 0.15) is 10.4 Å². The highest BCUT2D eigenvalue weighted by Gasteiger charge is 2.11. The number of pyridine rings is 1. The number of carboxylic acid groups (broad SMARTS) is 1. The lowest BCUT2D eigenvalue weighted by Gasteiger charge is -2.03. The molecule has 1 heterocycles. The van der Waals surface area contributed by atoms with Crippen LogP contribution in [0.3, 0.4) is 0 Å². The zero-order chi connectivity index (χ0) is 11.0. The number of aromatic carboxylic acids is 1. The van der Waals surface area contributed by atoms with E-state index in [9.17, 15) is 10.0 Å². The van der Waals surface area contributed by atoms with Crippen molar-refractivity contribution in [3.63, 3.8) is 0 Å². The minimum atomic E-state index is -1.11. The van der Waals surface area contributed by atoms with Crippen LogP contribution in [0.5, 0.6) is 0 Å². The summed E-state index contributed by atoms with van der Waals surface area (Å²) in [5.74, 6) is -1.11. The van der Waals surface area contributed by atoms with Crippen LogP contribution in [0.15, 0.2) is 34.9 Å². The Morgan fingerprint density at radius 3 is 2.80 bits per heavy atom. The van der Waals surface area contributed by atoms with Crippen molar-refractivity contribution in [2.24, 2.45) is 0 Å². The summed E-state index contributed by atoms with van der Waals surface area (Å²) in [5.41, 5.74) is 0.429. The normalized spacial score (nSPS) is 10.5. The second kappa shape index (κ2) is 3.51. The topological polar surface area (TPSA) is 64.2 Å².